The van der Waals surface area contributed by atoms with Gasteiger partial charge in [0.15, 0.2) is 5.65 Å². The van der Waals surface area contributed by atoms with E-state index in [0.29, 0.717) is 5.69 Å². The van der Waals surface area contributed by atoms with E-state index in [1.165, 1.54) is 0 Å². The van der Waals surface area contributed by atoms with Crippen molar-refractivity contribution in [1.82, 2.24) is 9.38 Å². The monoisotopic (exact) mass is 291 g/mol. The lowest BCUT2D eigenvalue weighted by Gasteiger charge is -2.08. The van der Waals surface area contributed by atoms with Crippen LogP contribution in [0, 0.1) is 4.91 Å². The van der Waals surface area contributed by atoms with Crippen molar-refractivity contribution in [2.24, 2.45) is 5.18 Å². The van der Waals surface area contributed by atoms with Crippen LogP contribution in [0.1, 0.15) is 31.0 Å². The highest BCUT2D eigenvalue weighted by molar-refractivity contribution is 6.33. The summed E-state index contributed by atoms with van der Waals surface area (Å²) in [5.41, 5.74) is -0.549. The fourth-order valence-corrected chi connectivity index (χ4v) is 1.99. The van der Waals surface area contributed by atoms with E-state index in [-0.39, 0.29) is 22.4 Å². The van der Waals surface area contributed by atoms with Crippen LogP contribution in [0.15, 0.2) is 17.4 Å². The summed E-state index contributed by atoms with van der Waals surface area (Å²) in [4.78, 5) is 14.9. The van der Waals surface area contributed by atoms with Crippen LogP contribution in [0.25, 0.3) is 5.65 Å². The van der Waals surface area contributed by atoms with Gasteiger partial charge in [0, 0.05) is 6.20 Å². The molecular weight excluding hydrogens is 283 g/mol. The molecule has 0 N–H and O–H groups in total. The van der Waals surface area contributed by atoms with Gasteiger partial charge in [-0.3, -0.25) is 4.40 Å². The molecule has 102 valence electrons. The molecular formula is C11H9ClF3N3O. The Hall–Kier alpha value is -1.63. The lowest BCUT2D eigenvalue weighted by molar-refractivity contribution is -0.137. The fraction of sp³-hybridized carbons (Fsp3) is 0.364. The molecule has 0 saturated heterocycles. The molecule has 0 saturated carbocycles. The number of imidazole rings is 1. The standard InChI is InChI=1S/C11H9ClF3N3O/c1-5(2)8-10(17-19)18-4-6(11(13,14)15)3-7(12)9(18)16-8/h3-5H,1-2H3. The molecule has 0 unspecified atom stereocenters. The third kappa shape index (κ3) is 2.30. The molecule has 0 aliphatic heterocycles. The molecule has 0 atom stereocenters. The molecule has 0 amide bonds. The first-order valence-electron chi connectivity index (χ1n) is 5.37. The van der Waals surface area contributed by atoms with Gasteiger partial charge in [0.2, 0.25) is 5.82 Å². The first kappa shape index (κ1) is 13.8. The van der Waals surface area contributed by atoms with E-state index in [1.807, 2.05) is 0 Å². The zero-order chi connectivity index (χ0) is 14.4. The first-order valence-corrected chi connectivity index (χ1v) is 5.75. The second-order valence-corrected chi connectivity index (χ2v) is 4.74. The predicted octanol–water partition coefficient (Wildman–Crippen LogP) is 4.53. The van der Waals surface area contributed by atoms with Crippen molar-refractivity contribution in [3.05, 3.63) is 33.5 Å². The molecule has 2 aromatic rings. The minimum Gasteiger partial charge on any atom is -0.280 e. The van der Waals surface area contributed by atoms with Crippen LogP contribution in [0.5, 0.6) is 0 Å². The van der Waals surface area contributed by atoms with Crippen molar-refractivity contribution in [2.45, 2.75) is 25.9 Å². The Labute approximate surface area is 111 Å². The Bertz CT molecular complexity index is 649. The van der Waals surface area contributed by atoms with E-state index in [4.69, 9.17) is 11.6 Å². The summed E-state index contributed by atoms with van der Waals surface area (Å²) in [6, 6.07) is 0.780. The largest absolute Gasteiger partial charge is 0.417 e. The Kier molecular flexibility index (Phi) is 3.25. The Morgan fingerprint density at radius 3 is 2.53 bits per heavy atom. The summed E-state index contributed by atoms with van der Waals surface area (Å²) >= 11 is 5.79. The molecule has 2 heterocycles. The molecule has 0 aliphatic rings. The van der Waals surface area contributed by atoms with Gasteiger partial charge in [-0.05, 0) is 17.2 Å². The molecule has 0 radical (unpaired) electrons. The van der Waals surface area contributed by atoms with Crippen molar-refractivity contribution in [3.63, 3.8) is 0 Å². The number of pyridine rings is 1. The molecule has 4 nitrogen and oxygen atoms in total. The summed E-state index contributed by atoms with van der Waals surface area (Å²) in [5.74, 6) is -0.309. The summed E-state index contributed by atoms with van der Waals surface area (Å²) < 4.78 is 39.1. The minimum atomic E-state index is -4.56. The molecule has 0 bridgehead atoms. The number of alkyl halides is 3. The topological polar surface area (TPSA) is 46.7 Å². The van der Waals surface area contributed by atoms with Crippen LogP contribution in [0.4, 0.5) is 19.0 Å². The second kappa shape index (κ2) is 4.48. The van der Waals surface area contributed by atoms with Crippen LogP contribution >= 0.6 is 11.6 Å². The summed E-state index contributed by atoms with van der Waals surface area (Å²) in [6.07, 6.45) is -3.78. The van der Waals surface area contributed by atoms with Crippen molar-refractivity contribution in [2.75, 3.05) is 0 Å². The van der Waals surface area contributed by atoms with Crippen molar-refractivity contribution in [3.8, 4) is 0 Å². The number of nitroso groups, excluding NO2 is 1. The normalized spacial score (nSPS) is 12.4. The van der Waals surface area contributed by atoms with Gasteiger partial charge in [0.05, 0.1) is 16.3 Å². The van der Waals surface area contributed by atoms with E-state index in [9.17, 15) is 18.1 Å². The smallest absolute Gasteiger partial charge is 0.280 e. The van der Waals surface area contributed by atoms with Gasteiger partial charge in [-0.1, -0.05) is 25.4 Å². The Balaban J connectivity index is 2.83. The van der Waals surface area contributed by atoms with Gasteiger partial charge < -0.3 is 0 Å². The molecule has 0 fully saturated rings. The number of rotatable bonds is 2. The lowest BCUT2D eigenvalue weighted by Crippen LogP contribution is -2.06. The number of halogens is 4. The zero-order valence-electron chi connectivity index (χ0n) is 9.99. The van der Waals surface area contributed by atoms with Gasteiger partial charge in [-0.15, -0.1) is 4.91 Å². The Morgan fingerprint density at radius 1 is 1.42 bits per heavy atom. The number of hydrogen-bond acceptors (Lipinski definition) is 3. The van der Waals surface area contributed by atoms with Gasteiger partial charge in [0.1, 0.15) is 0 Å². The maximum atomic E-state index is 12.7. The average molecular weight is 292 g/mol. The highest BCUT2D eigenvalue weighted by atomic mass is 35.5. The predicted molar refractivity (Wildman–Crippen MR) is 64.7 cm³/mol. The minimum absolute atomic E-state index is 0.0907. The van der Waals surface area contributed by atoms with Crippen LogP contribution < -0.4 is 0 Å². The van der Waals surface area contributed by atoms with Crippen molar-refractivity contribution < 1.29 is 13.2 Å². The quantitative estimate of drug-likeness (QED) is 0.763. The molecule has 0 spiro atoms. The van der Waals surface area contributed by atoms with E-state index in [1.54, 1.807) is 13.8 Å². The highest BCUT2D eigenvalue weighted by Crippen LogP contribution is 2.36. The van der Waals surface area contributed by atoms with Gasteiger partial charge >= 0.3 is 6.18 Å². The zero-order valence-corrected chi connectivity index (χ0v) is 10.7. The van der Waals surface area contributed by atoms with Gasteiger partial charge in [0.25, 0.3) is 0 Å². The highest BCUT2D eigenvalue weighted by Gasteiger charge is 2.32. The van der Waals surface area contributed by atoms with Gasteiger partial charge in [-0.2, -0.15) is 13.2 Å². The summed E-state index contributed by atoms with van der Waals surface area (Å²) in [6.45, 7) is 3.52. The maximum absolute atomic E-state index is 12.7. The van der Waals surface area contributed by atoms with Gasteiger partial charge in [-0.25, -0.2) is 4.98 Å². The molecule has 0 aromatic carbocycles. The second-order valence-electron chi connectivity index (χ2n) is 4.33. The molecule has 2 aromatic heterocycles. The summed E-state index contributed by atoms with van der Waals surface area (Å²) in [5, 5.41) is 2.59. The third-order valence-corrected chi connectivity index (χ3v) is 2.91. The van der Waals surface area contributed by atoms with Crippen LogP contribution in [0.3, 0.4) is 0 Å². The van der Waals surface area contributed by atoms with E-state index < -0.39 is 11.7 Å². The SMILES string of the molecule is CC(C)c1nc2c(Cl)cc(C(F)(F)F)cn2c1N=O. The summed E-state index contributed by atoms with van der Waals surface area (Å²) in [7, 11) is 0. The third-order valence-electron chi connectivity index (χ3n) is 2.64. The van der Waals surface area contributed by atoms with Crippen molar-refractivity contribution in [1.29, 1.82) is 0 Å². The molecule has 2 rings (SSSR count). The number of fused-ring (bicyclic) bond motifs is 1. The fourth-order valence-electron chi connectivity index (χ4n) is 1.74. The van der Waals surface area contributed by atoms with Crippen LogP contribution in [0.2, 0.25) is 5.02 Å². The number of aromatic nitrogens is 2. The van der Waals surface area contributed by atoms with Crippen molar-refractivity contribution >= 4 is 23.1 Å². The number of nitrogens with zero attached hydrogens (tertiary/aromatic N) is 3. The Morgan fingerprint density at radius 2 is 2.05 bits per heavy atom. The lowest BCUT2D eigenvalue weighted by atomic mass is 10.1. The molecule has 8 heteroatoms. The molecule has 0 aliphatic carbocycles. The maximum Gasteiger partial charge on any atom is 0.417 e. The van der Waals surface area contributed by atoms with E-state index >= 15 is 0 Å². The van der Waals surface area contributed by atoms with E-state index in [2.05, 4.69) is 10.2 Å². The van der Waals surface area contributed by atoms with Crippen LogP contribution in [-0.2, 0) is 6.18 Å². The van der Waals surface area contributed by atoms with Crippen LogP contribution in [-0.4, -0.2) is 9.38 Å². The first-order chi connectivity index (χ1) is 8.75. The van der Waals surface area contributed by atoms with E-state index in [0.717, 1.165) is 16.7 Å². The molecule has 19 heavy (non-hydrogen) atoms. The number of hydrogen-bond donors (Lipinski definition) is 0. The average Bonchev–Trinajstić information content (AvgIpc) is 2.66.